The molecule has 18 heavy (non-hydrogen) atoms. The van der Waals surface area contributed by atoms with Gasteiger partial charge in [0.2, 0.25) is 0 Å². The van der Waals surface area contributed by atoms with Gasteiger partial charge in [0, 0.05) is 13.1 Å². The van der Waals surface area contributed by atoms with Crippen molar-refractivity contribution in [2.24, 2.45) is 5.92 Å². The molecule has 0 unspecified atom stereocenters. The third-order valence-electron chi connectivity index (χ3n) is 2.46. The van der Waals surface area contributed by atoms with E-state index in [0.29, 0.717) is 24.0 Å². The van der Waals surface area contributed by atoms with E-state index in [4.69, 9.17) is 0 Å². The summed E-state index contributed by atoms with van der Waals surface area (Å²) >= 11 is 0. The Balaban J connectivity index is 2.43. The Bertz CT molecular complexity index is 362. The van der Waals surface area contributed by atoms with Gasteiger partial charge in [0.15, 0.2) is 5.69 Å². The zero-order chi connectivity index (χ0) is 13.4. The van der Waals surface area contributed by atoms with Crippen LogP contribution in [0.2, 0.25) is 0 Å². The smallest absolute Gasteiger partial charge is 0.271 e. The molecule has 0 spiro atoms. The van der Waals surface area contributed by atoms with E-state index in [0.717, 1.165) is 19.4 Å². The van der Waals surface area contributed by atoms with Crippen LogP contribution in [0.3, 0.4) is 0 Å². The Morgan fingerprint density at radius 3 is 2.61 bits per heavy atom. The number of carbonyl (C=O) groups is 1. The van der Waals surface area contributed by atoms with E-state index in [2.05, 4.69) is 41.6 Å². The van der Waals surface area contributed by atoms with Crippen molar-refractivity contribution in [2.75, 3.05) is 18.4 Å². The summed E-state index contributed by atoms with van der Waals surface area (Å²) in [6.07, 6.45) is 1.99. The molecule has 1 aromatic rings. The summed E-state index contributed by atoms with van der Waals surface area (Å²) in [5, 5.41) is 13.8. The lowest BCUT2D eigenvalue weighted by atomic mass is 10.1. The van der Waals surface area contributed by atoms with Gasteiger partial charge in [-0.2, -0.15) is 0 Å². The minimum Gasteiger partial charge on any atom is -0.369 e. The van der Waals surface area contributed by atoms with Crippen molar-refractivity contribution in [1.82, 2.24) is 15.5 Å². The van der Waals surface area contributed by atoms with Crippen molar-refractivity contribution in [3.05, 3.63) is 17.8 Å². The quantitative estimate of drug-likeness (QED) is 0.777. The molecule has 1 heterocycles. The van der Waals surface area contributed by atoms with E-state index in [1.807, 2.05) is 0 Å². The molecule has 0 bridgehead atoms. The number of amides is 1. The summed E-state index contributed by atoms with van der Waals surface area (Å²) in [5.74, 6) is 1.12. The third-order valence-corrected chi connectivity index (χ3v) is 2.46. The van der Waals surface area contributed by atoms with Crippen molar-refractivity contribution in [3.63, 3.8) is 0 Å². The second kappa shape index (κ2) is 7.63. The van der Waals surface area contributed by atoms with Crippen LogP contribution in [0.25, 0.3) is 0 Å². The van der Waals surface area contributed by atoms with Crippen LogP contribution in [0.5, 0.6) is 0 Å². The van der Waals surface area contributed by atoms with Crippen LogP contribution in [0.15, 0.2) is 12.1 Å². The zero-order valence-electron chi connectivity index (χ0n) is 11.4. The highest BCUT2D eigenvalue weighted by Crippen LogP contribution is 2.02. The van der Waals surface area contributed by atoms with Gasteiger partial charge in [-0.15, -0.1) is 10.2 Å². The zero-order valence-corrected chi connectivity index (χ0v) is 11.4. The van der Waals surface area contributed by atoms with E-state index in [1.165, 1.54) is 0 Å². The summed E-state index contributed by atoms with van der Waals surface area (Å²) in [6.45, 7) is 7.86. The maximum Gasteiger partial charge on any atom is 0.271 e. The minimum atomic E-state index is -0.162. The van der Waals surface area contributed by atoms with Crippen molar-refractivity contribution >= 4 is 11.7 Å². The molecule has 0 atom stereocenters. The monoisotopic (exact) mass is 250 g/mol. The van der Waals surface area contributed by atoms with Crippen LogP contribution in [0.1, 0.15) is 44.1 Å². The Hall–Kier alpha value is -1.65. The molecule has 0 aliphatic heterocycles. The van der Waals surface area contributed by atoms with Gasteiger partial charge < -0.3 is 10.6 Å². The molecule has 0 saturated heterocycles. The van der Waals surface area contributed by atoms with E-state index in [9.17, 15) is 4.79 Å². The predicted octanol–water partition coefficient (Wildman–Crippen LogP) is 2.07. The maximum atomic E-state index is 11.7. The van der Waals surface area contributed by atoms with Gasteiger partial charge in [-0.25, -0.2) is 0 Å². The molecule has 0 radical (unpaired) electrons. The summed E-state index contributed by atoms with van der Waals surface area (Å²) in [6, 6.07) is 3.47. The molecule has 0 aromatic carbocycles. The van der Waals surface area contributed by atoms with Crippen LogP contribution in [0.4, 0.5) is 5.82 Å². The predicted molar refractivity (Wildman–Crippen MR) is 72.6 cm³/mol. The number of nitrogens with one attached hydrogen (secondary N) is 2. The second-order valence-corrected chi connectivity index (χ2v) is 4.67. The fraction of sp³-hybridized carbons (Fsp3) is 0.615. The van der Waals surface area contributed by atoms with Gasteiger partial charge in [-0.3, -0.25) is 4.79 Å². The molecule has 0 aliphatic carbocycles. The number of rotatable bonds is 7. The van der Waals surface area contributed by atoms with Crippen LogP contribution in [0, 0.1) is 5.92 Å². The molecule has 0 saturated carbocycles. The Kier molecular flexibility index (Phi) is 6.11. The van der Waals surface area contributed by atoms with Crippen molar-refractivity contribution in [3.8, 4) is 0 Å². The van der Waals surface area contributed by atoms with Gasteiger partial charge in [0.1, 0.15) is 5.82 Å². The normalized spacial score (nSPS) is 10.4. The van der Waals surface area contributed by atoms with Crippen LogP contribution >= 0.6 is 0 Å². The van der Waals surface area contributed by atoms with E-state index < -0.39 is 0 Å². The first-order valence-electron chi connectivity index (χ1n) is 6.49. The number of hydrogen-bond donors (Lipinski definition) is 2. The van der Waals surface area contributed by atoms with Gasteiger partial charge in [-0.1, -0.05) is 20.8 Å². The summed E-state index contributed by atoms with van der Waals surface area (Å²) in [4.78, 5) is 11.7. The highest BCUT2D eigenvalue weighted by molar-refractivity contribution is 5.92. The molecule has 1 aromatic heterocycles. The molecular weight excluding hydrogens is 228 g/mol. The highest BCUT2D eigenvalue weighted by Gasteiger charge is 2.07. The second-order valence-electron chi connectivity index (χ2n) is 4.67. The van der Waals surface area contributed by atoms with Crippen LogP contribution < -0.4 is 10.6 Å². The summed E-state index contributed by atoms with van der Waals surface area (Å²) in [5.41, 5.74) is 0.362. The lowest BCUT2D eigenvalue weighted by Gasteiger charge is -2.07. The molecule has 1 rings (SSSR count). The average molecular weight is 250 g/mol. The van der Waals surface area contributed by atoms with Crippen molar-refractivity contribution in [2.45, 2.75) is 33.6 Å². The van der Waals surface area contributed by atoms with Crippen molar-refractivity contribution < 1.29 is 4.79 Å². The molecule has 0 fully saturated rings. The lowest BCUT2D eigenvalue weighted by Crippen LogP contribution is -2.26. The van der Waals surface area contributed by atoms with E-state index in [-0.39, 0.29) is 5.91 Å². The Labute approximate surface area is 108 Å². The topological polar surface area (TPSA) is 66.9 Å². The summed E-state index contributed by atoms with van der Waals surface area (Å²) < 4.78 is 0. The number of anilines is 1. The molecule has 1 amide bonds. The molecule has 100 valence electrons. The maximum absolute atomic E-state index is 11.7. The lowest BCUT2D eigenvalue weighted by molar-refractivity contribution is 0.0946. The number of nitrogens with zero attached hydrogens (tertiary/aromatic N) is 2. The largest absolute Gasteiger partial charge is 0.369 e. The highest BCUT2D eigenvalue weighted by atomic mass is 16.1. The van der Waals surface area contributed by atoms with Crippen LogP contribution in [-0.4, -0.2) is 29.2 Å². The Morgan fingerprint density at radius 2 is 2.06 bits per heavy atom. The van der Waals surface area contributed by atoms with Gasteiger partial charge >= 0.3 is 0 Å². The number of hydrogen-bond acceptors (Lipinski definition) is 4. The molecule has 5 nitrogen and oxygen atoms in total. The summed E-state index contributed by atoms with van der Waals surface area (Å²) in [7, 11) is 0. The van der Waals surface area contributed by atoms with Crippen molar-refractivity contribution in [1.29, 1.82) is 0 Å². The van der Waals surface area contributed by atoms with Gasteiger partial charge in [-0.05, 0) is 30.9 Å². The first-order valence-corrected chi connectivity index (χ1v) is 6.49. The van der Waals surface area contributed by atoms with E-state index >= 15 is 0 Å². The first kappa shape index (κ1) is 14.4. The molecule has 2 N–H and O–H groups in total. The SMILES string of the molecule is CCCNc1ccc(C(=O)NCCC(C)C)nn1. The fourth-order valence-corrected chi connectivity index (χ4v) is 1.37. The fourth-order valence-electron chi connectivity index (χ4n) is 1.37. The van der Waals surface area contributed by atoms with Gasteiger partial charge in [0.25, 0.3) is 5.91 Å². The molecule has 0 aliphatic rings. The van der Waals surface area contributed by atoms with Gasteiger partial charge in [0.05, 0.1) is 0 Å². The standard InChI is InChI=1S/C13H22N4O/c1-4-8-14-12-6-5-11(16-17-12)13(18)15-9-7-10(2)3/h5-6,10H,4,7-9H2,1-3H3,(H,14,17)(H,15,18). The Morgan fingerprint density at radius 1 is 1.28 bits per heavy atom. The van der Waals surface area contributed by atoms with E-state index in [1.54, 1.807) is 12.1 Å². The third kappa shape index (κ3) is 5.12. The minimum absolute atomic E-state index is 0.162. The number of carbonyl (C=O) groups excluding carboxylic acids is 1. The first-order chi connectivity index (χ1) is 8.63. The molecular formula is C13H22N4O. The van der Waals surface area contributed by atoms with Crippen LogP contribution in [-0.2, 0) is 0 Å². The average Bonchev–Trinajstić information content (AvgIpc) is 2.36. The molecule has 5 heteroatoms. The number of aromatic nitrogens is 2.